The predicted octanol–water partition coefficient (Wildman–Crippen LogP) is 3.59. The fourth-order valence-electron chi connectivity index (χ4n) is 1.93. The van der Waals surface area contributed by atoms with Gasteiger partial charge in [-0.1, -0.05) is 35.9 Å². The number of hydrogen-bond donors (Lipinski definition) is 0. The summed E-state index contributed by atoms with van der Waals surface area (Å²) in [7, 11) is -3.80. The number of anilines is 1. The molecule has 0 aliphatic rings. The molecule has 0 bridgehead atoms. The molecule has 0 aliphatic carbocycles. The second-order valence-corrected chi connectivity index (χ2v) is 6.68. The minimum Gasteiger partial charge on any atom is -0.263 e. The minimum absolute atomic E-state index is 0.0298. The molecule has 22 heavy (non-hydrogen) atoms. The van der Waals surface area contributed by atoms with Gasteiger partial charge in [0.2, 0.25) is 0 Å². The van der Waals surface area contributed by atoms with Crippen LogP contribution in [0, 0.1) is 11.3 Å². The van der Waals surface area contributed by atoms with Crippen LogP contribution in [0.5, 0.6) is 0 Å². The second-order valence-electron chi connectivity index (χ2n) is 4.41. The molecule has 112 valence electrons. The van der Waals surface area contributed by atoms with Gasteiger partial charge >= 0.3 is 0 Å². The molecule has 0 aromatic heterocycles. The predicted molar refractivity (Wildman–Crippen MR) is 87.3 cm³/mol. The van der Waals surface area contributed by atoms with E-state index < -0.39 is 10.0 Å². The average Bonchev–Trinajstić information content (AvgIpc) is 2.53. The SMILES string of the molecule is C=CCN(c1ccccc1)S(=O)(=O)c1ccc(C#N)c(Cl)c1. The van der Waals surface area contributed by atoms with Gasteiger partial charge in [0.1, 0.15) is 6.07 Å². The molecule has 0 saturated carbocycles. The molecule has 0 N–H and O–H groups in total. The van der Waals surface area contributed by atoms with Gasteiger partial charge in [-0.15, -0.1) is 6.58 Å². The molecular formula is C16H13ClN2O2S. The standard InChI is InChI=1S/C16H13ClN2O2S/c1-2-10-19(14-6-4-3-5-7-14)22(20,21)15-9-8-13(12-18)16(17)11-15/h2-9,11H,1,10H2. The van der Waals surface area contributed by atoms with Crippen LogP contribution in [-0.2, 0) is 10.0 Å². The minimum atomic E-state index is -3.80. The number of halogens is 1. The van der Waals surface area contributed by atoms with Crippen LogP contribution in [0.3, 0.4) is 0 Å². The molecule has 2 rings (SSSR count). The third-order valence-corrected chi connectivity index (χ3v) is 5.09. The first-order valence-electron chi connectivity index (χ1n) is 6.39. The van der Waals surface area contributed by atoms with Crippen LogP contribution in [0.25, 0.3) is 0 Å². The number of hydrogen-bond acceptors (Lipinski definition) is 3. The van der Waals surface area contributed by atoms with E-state index in [1.807, 2.05) is 6.07 Å². The van der Waals surface area contributed by atoms with Crippen LogP contribution in [-0.4, -0.2) is 15.0 Å². The summed E-state index contributed by atoms with van der Waals surface area (Å²) in [4.78, 5) is 0.0298. The molecule has 0 fully saturated rings. The van der Waals surface area contributed by atoms with Crippen LogP contribution in [0.2, 0.25) is 5.02 Å². The summed E-state index contributed by atoms with van der Waals surface area (Å²) in [6.07, 6.45) is 1.51. The largest absolute Gasteiger partial charge is 0.264 e. The van der Waals surface area contributed by atoms with Crippen LogP contribution in [0.4, 0.5) is 5.69 Å². The molecule has 0 unspecified atom stereocenters. The molecule has 2 aromatic carbocycles. The van der Waals surface area contributed by atoms with Crippen LogP contribution >= 0.6 is 11.6 Å². The van der Waals surface area contributed by atoms with E-state index in [0.717, 1.165) is 0 Å². The Labute approximate surface area is 134 Å². The maximum absolute atomic E-state index is 12.8. The van der Waals surface area contributed by atoms with Crippen LogP contribution in [0.1, 0.15) is 5.56 Å². The smallest absolute Gasteiger partial charge is 0.263 e. The van der Waals surface area contributed by atoms with Gasteiger partial charge in [-0.25, -0.2) is 8.42 Å². The highest BCUT2D eigenvalue weighted by Crippen LogP contribution is 2.26. The van der Waals surface area contributed by atoms with E-state index in [4.69, 9.17) is 16.9 Å². The Morgan fingerprint density at radius 2 is 1.91 bits per heavy atom. The summed E-state index contributed by atoms with van der Waals surface area (Å²) in [5, 5.41) is 8.98. The Bertz CT molecular complexity index is 827. The van der Waals surface area contributed by atoms with E-state index in [1.54, 1.807) is 30.3 Å². The Morgan fingerprint density at radius 1 is 1.23 bits per heavy atom. The highest BCUT2D eigenvalue weighted by atomic mass is 35.5. The first-order valence-corrected chi connectivity index (χ1v) is 8.21. The summed E-state index contributed by atoms with van der Waals surface area (Å²) in [5.41, 5.74) is 0.762. The summed E-state index contributed by atoms with van der Waals surface area (Å²) in [6, 6.07) is 14.7. The first kappa shape index (κ1) is 16.1. The summed E-state index contributed by atoms with van der Waals surface area (Å²) in [6.45, 7) is 3.73. The van der Waals surface area contributed by atoms with Gasteiger partial charge in [-0.3, -0.25) is 4.31 Å². The zero-order valence-corrected chi connectivity index (χ0v) is 13.2. The van der Waals surface area contributed by atoms with Gasteiger partial charge in [0.05, 0.1) is 27.7 Å². The summed E-state index contributed by atoms with van der Waals surface area (Å²) < 4.78 is 26.9. The van der Waals surface area contributed by atoms with Crippen molar-refractivity contribution in [3.05, 3.63) is 71.8 Å². The topological polar surface area (TPSA) is 61.2 Å². The molecular weight excluding hydrogens is 320 g/mol. The van der Waals surface area contributed by atoms with Gasteiger partial charge in [0.25, 0.3) is 10.0 Å². The molecule has 6 heteroatoms. The molecule has 0 heterocycles. The van der Waals surface area contributed by atoms with Crippen LogP contribution < -0.4 is 4.31 Å². The molecule has 0 aliphatic heterocycles. The molecule has 0 atom stereocenters. The highest BCUT2D eigenvalue weighted by Gasteiger charge is 2.24. The molecule has 0 amide bonds. The lowest BCUT2D eigenvalue weighted by Crippen LogP contribution is -2.31. The lowest BCUT2D eigenvalue weighted by molar-refractivity contribution is 0.593. The maximum Gasteiger partial charge on any atom is 0.264 e. The maximum atomic E-state index is 12.8. The van der Waals surface area contributed by atoms with Crippen molar-refractivity contribution < 1.29 is 8.42 Å². The number of benzene rings is 2. The highest BCUT2D eigenvalue weighted by molar-refractivity contribution is 7.92. The fourth-order valence-corrected chi connectivity index (χ4v) is 3.68. The van der Waals surface area contributed by atoms with Gasteiger partial charge in [-0.2, -0.15) is 5.26 Å². The summed E-state index contributed by atoms with van der Waals surface area (Å²) in [5.74, 6) is 0. The van der Waals surface area contributed by atoms with Crippen molar-refractivity contribution >= 4 is 27.3 Å². The lowest BCUT2D eigenvalue weighted by atomic mass is 10.2. The Balaban J connectivity index is 2.53. The number of para-hydroxylation sites is 1. The Morgan fingerprint density at radius 3 is 2.45 bits per heavy atom. The monoisotopic (exact) mass is 332 g/mol. The average molecular weight is 333 g/mol. The molecule has 0 radical (unpaired) electrons. The van der Waals surface area contributed by atoms with E-state index in [1.165, 1.54) is 28.6 Å². The zero-order valence-electron chi connectivity index (χ0n) is 11.6. The Hall–Kier alpha value is -2.29. The summed E-state index contributed by atoms with van der Waals surface area (Å²) >= 11 is 5.94. The van der Waals surface area contributed by atoms with Crippen molar-refractivity contribution in [1.29, 1.82) is 5.26 Å². The quantitative estimate of drug-likeness (QED) is 0.786. The first-order chi connectivity index (χ1) is 10.5. The fraction of sp³-hybridized carbons (Fsp3) is 0.0625. The van der Waals surface area contributed by atoms with Gasteiger partial charge in [-0.05, 0) is 30.3 Å². The molecule has 4 nitrogen and oxygen atoms in total. The third kappa shape index (κ3) is 3.14. The number of sulfonamides is 1. The van der Waals surface area contributed by atoms with E-state index in [2.05, 4.69) is 6.58 Å². The zero-order chi connectivity index (χ0) is 16.2. The number of rotatable bonds is 5. The molecule has 0 spiro atoms. The van der Waals surface area contributed by atoms with Crippen molar-refractivity contribution in [3.63, 3.8) is 0 Å². The van der Waals surface area contributed by atoms with Crippen molar-refractivity contribution in [1.82, 2.24) is 0 Å². The number of nitrogens with zero attached hydrogens (tertiary/aromatic N) is 2. The van der Waals surface area contributed by atoms with Gasteiger partial charge in [0, 0.05) is 0 Å². The Kier molecular flexibility index (Phi) is 4.86. The van der Waals surface area contributed by atoms with Crippen molar-refractivity contribution in [2.45, 2.75) is 4.90 Å². The van der Waals surface area contributed by atoms with Gasteiger partial charge in [0.15, 0.2) is 0 Å². The van der Waals surface area contributed by atoms with E-state index >= 15 is 0 Å². The van der Waals surface area contributed by atoms with E-state index in [0.29, 0.717) is 5.69 Å². The van der Waals surface area contributed by atoms with Gasteiger partial charge < -0.3 is 0 Å². The second kappa shape index (κ2) is 6.65. The van der Waals surface area contributed by atoms with Crippen molar-refractivity contribution in [3.8, 4) is 6.07 Å². The molecule has 0 saturated heterocycles. The van der Waals surface area contributed by atoms with E-state index in [9.17, 15) is 8.42 Å². The normalized spacial score (nSPS) is 10.7. The van der Waals surface area contributed by atoms with Crippen molar-refractivity contribution in [2.75, 3.05) is 10.8 Å². The van der Waals surface area contributed by atoms with E-state index in [-0.39, 0.29) is 22.0 Å². The van der Waals surface area contributed by atoms with Crippen molar-refractivity contribution in [2.24, 2.45) is 0 Å². The third-order valence-electron chi connectivity index (χ3n) is 2.99. The molecule has 2 aromatic rings. The number of nitriles is 1. The lowest BCUT2D eigenvalue weighted by Gasteiger charge is -2.23. The van der Waals surface area contributed by atoms with Crippen LogP contribution in [0.15, 0.2) is 66.1 Å².